The van der Waals surface area contributed by atoms with Gasteiger partial charge in [-0.3, -0.25) is 9.59 Å². The molecule has 0 aliphatic rings. The number of hydrogen-bond donors (Lipinski definition) is 2. The van der Waals surface area contributed by atoms with Gasteiger partial charge in [-0.15, -0.1) is 0 Å². The number of alkyl halides is 3. The minimum atomic E-state index is -4.58. The summed E-state index contributed by atoms with van der Waals surface area (Å²) in [6.45, 7) is 0. The topological polar surface area (TPSA) is 81.4 Å². The molecule has 0 saturated carbocycles. The number of anilines is 1. The second-order valence-corrected chi connectivity index (χ2v) is 6.10. The van der Waals surface area contributed by atoms with Crippen molar-refractivity contribution in [1.29, 1.82) is 0 Å². The molecule has 2 aromatic carbocycles. The van der Waals surface area contributed by atoms with Gasteiger partial charge in [-0.2, -0.15) is 13.2 Å². The molecule has 0 bridgehead atoms. The molecule has 1 unspecified atom stereocenters. The van der Waals surface area contributed by atoms with Crippen LogP contribution in [0.4, 0.5) is 18.9 Å². The van der Waals surface area contributed by atoms with Gasteiger partial charge in [-0.25, -0.2) is 0 Å². The summed E-state index contributed by atoms with van der Waals surface area (Å²) in [4.78, 5) is 24.8. The number of carbonyl (C=O) groups is 2. The van der Waals surface area contributed by atoms with E-state index in [4.69, 9.17) is 22.1 Å². The Bertz CT molecular complexity index is 839. The van der Waals surface area contributed by atoms with E-state index < -0.39 is 30.3 Å². The molecule has 1 amide bonds. The summed E-state index contributed by atoms with van der Waals surface area (Å²) in [6.07, 6.45) is -6.06. The van der Waals surface area contributed by atoms with Crippen LogP contribution in [0.15, 0.2) is 42.5 Å². The Balaban J connectivity index is 2.32. The highest BCUT2D eigenvalue weighted by Gasteiger charge is 2.33. The van der Waals surface area contributed by atoms with Crippen molar-refractivity contribution in [3.8, 4) is 5.75 Å². The van der Waals surface area contributed by atoms with Crippen molar-refractivity contribution in [2.45, 2.75) is 18.6 Å². The molecule has 27 heavy (non-hydrogen) atoms. The minimum absolute atomic E-state index is 0.0263. The summed E-state index contributed by atoms with van der Waals surface area (Å²) < 4.78 is 42.3. The number of ketones is 1. The smallest absolute Gasteiger partial charge is 0.391 e. The van der Waals surface area contributed by atoms with E-state index in [1.165, 1.54) is 49.6 Å². The Morgan fingerprint density at radius 3 is 2.37 bits per heavy atom. The van der Waals surface area contributed by atoms with Gasteiger partial charge in [0.1, 0.15) is 5.75 Å². The molecule has 3 N–H and O–H groups in total. The predicted molar refractivity (Wildman–Crippen MR) is 95.2 cm³/mol. The SMILES string of the molecule is COc1ccc(NC(=O)C(N)CC(F)(F)F)c(C(=O)c2ccc(Cl)cc2)c1. The van der Waals surface area contributed by atoms with E-state index in [1.54, 1.807) is 0 Å². The van der Waals surface area contributed by atoms with E-state index in [0.29, 0.717) is 10.8 Å². The van der Waals surface area contributed by atoms with Crippen LogP contribution in [0.5, 0.6) is 5.75 Å². The van der Waals surface area contributed by atoms with Crippen molar-refractivity contribution >= 4 is 29.0 Å². The average molecular weight is 401 g/mol. The molecule has 0 radical (unpaired) electrons. The quantitative estimate of drug-likeness (QED) is 0.723. The molecule has 2 rings (SSSR count). The highest BCUT2D eigenvalue weighted by Crippen LogP contribution is 2.26. The van der Waals surface area contributed by atoms with Crippen LogP contribution in [-0.4, -0.2) is 31.0 Å². The van der Waals surface area contributed by atoms with Crippen molar-refractivity contribution in [2.24, 2.45) is 5.73 Å². The van der Waals surface area contributed by atoms with Crippen molar-refractivity contribution in [3.63, 3.8) is 0 Å². The van der Waals surface area contributed by atoms with Gasteiger partial charge in [0.25, 0.3) is 0 Å². The van der Waals surface area contributed by atoms with Gasteiger partial charge in [0.2, 0.25) is 5.91 Å². The second kappa shape index (κ2) is 8.41. The van der Waals surface area contributed by atoms with Crippen LogP contribution in [0.25, 0.3) is 0 Å². The number of hydrogen-bond acceptors (Lipinski definition) is 4. The van der Waals surface area contributed by atoms with Crippen LogP contribution < -0.4 is 15.8 Å². The first-order valence-electron chi connectivity index (χ1n) is 7.72. The molecule has 1 atom stereocenters. The third kappa shape index (κ3) is 5.70. The molecule has 0 saturated heterocycles. The van der Waals surface area contributed by atoms with E-state index in [2.05, 4.69) is 5.32 Å². The van der Waals surface area contributed by atoms with Crippen LogP contribution in [0.3, 0.4) is 0 Å². The van der Waals surface area contributed by atoms with Crippen molar-refractivity contribution < 1.29 is 27.5 Å². The zero-order chi connectivity index (χ0) is 20.2. The largest absolute Gasteiger partial charge is 0.497 e. The Morgan fingerprint density at radius 2 is 1.81 bits per heavy atom. The fourth-order valence-electron chi connectivity index (χ4n) is 2.27. The maximum absolute atomic E-state index is 12.8. The normalized spacial score (nSPS) is 12.4. The van der Waals surface area contributed by atoms with Crippen molar-refractivity contribution in [1.82, 2.24) is 0 Å². The first-order chi connectivity index (χ1) is 12.6. The minimum Gasteiger partial charge on any atom is -0.497 e. The number of benzene rings is 2. The molecule has 144 valence electrons. The van der Waals surface area contributed by atoms with Gasteiger partial charge >= 0.3 is 6.18 Å². The summed E-state index contributed by atoms with van der Waals surface area (Å²) in [6, 6.07) is 8.42. The van der Waals surface area contributed by atoms with Gasteiger partial charge in [-0.05, 0) is 42.5 Å². The standard InChI is InChI=1S/C18H16ClF3N2O3/c1-27-12-6-7-15(24-17(26)14(23)9-18(20,21)22)13(8-12)16(25)10-2-4-11(19)5-3-10/h2-8,14H,9,23H2,1H3,(H,24,26). The van der Waals surface area contributed by atoms with Gasteiger partial charge in [0.15, 0.2) is 5.78 Å². The summed E-state index contributed by atoms with van der Waals surface area (Å²) >= 11 is 5.80. The van der Waals surface area contributed by atoms with Crippen LogP contribution in [0.1, 0.15) is 22.3 Å². The van der Waals surface area contributed by atoms with Crippen molar-refractivity contribution in [3.05, 3.63) is 58.6 Å². The number of amides is 1. The van der Waals surface area contributed by atoms with E-state index in [-0.39, 0.29) is 16.8 Å². The summed E-state index contributed by atoms with van der Waals surface area (Å²) in [5, 5.41) is 2.71. The molecule has 0 aliphatic heterocycles. The number of carbonyl (C=O) groups excluding carboxylic acids is 2. The number of ether oxygens (including phenoxy) is 1. The number of nitrogens with two attached hydrogens (primary N) is 1. The summed E-state index contributed by atoms with van der Waals surface area (Å²) in [5.41, 5.74) is 5.66. The molecule has 0 heterocycles. The average Bonchev–Trinajstić information content (AvgIpc) is 2.60. The molecular weight excluding hydrogens is 385 g/mol. The van der Waals surface area contributed by atoms with Gasteiger partial charge in [-0.1, -0.05) is 11.6 Å². The molecule has 5 nitrogen and oxygen atoms in total. The number of halogens is 4. The van der Waals surface area contributed by atoms with E-state index in [0.717, 1.165) is 0 Å². The van der Waals surface area contributed by atoms with E-state index in [9.17, 15) is 22.8 Å². The first-order valence-corrected chi connectivity index (χ1v) is 8.10. The zero-order valence-electron chi connectivity index (χ0n) is 14.1. The Labute approximate surface area is 158 Å². The molecule has 0 spiro atoms. The van der Waals surface area contributed by atoms with Gasteiger partial charge in [0, 0.05) is 16.1 Å². The third-order valence-electron chi connectivity index (χ3n) is 3.62. The Hall–Kier alpha value is -2.58. The third-order valence-corrected chi connectivity index (χ3v) is 3.88. The lowest BCUT2D eigenvalue weighted by Crippen LogP contribution is -2.39. The molecule has 0 fully saturated rings. The zero-order valence-corrected chi connectivity index (χ0v) is 14.9. The fraction of sp³-hybridized carbons (Fsp3) is 0.222. The first kappa shape index (κ1) is 20.7. The lowest BCUT2D eigenvalue weighted by Gasteiger charge is -2.16. The van der Waals surface area contributed by atoms with Gasteiger partial charge in [0.05, 0.1) is 25.3 Å². The monoisotopic (exact) mass is 400 g/mol. The lowest BCUT2D eigenvalue weighted by atomic mass is 10.0. The lowest BCUT2D eigenvalue weighted by molar-refractivity contribution is -0.145. The fourth-order valence-corrected chi connectivity index (χ4v) is 2.40. The maximum atomic E-state index is 12.8. The second-order valence-electron chi connectivity index (χ2n) is 5.66. The van der Waals surface area contributed by atoms with Gasteiger partial charge < -0.3 is 15.8 Å². The van der Waals surface area contributed by atoms with E-state index >= 15 is 0 Å². The molecule has 0 aromatic heterocycles. The van der Waals surface area contributed by atoms with Crippen molar-refractivity contribution in [2.75, 3.05) is 12.4 Å². The van der Waals surface area contributed by atoms with Crippen LogP contribution in [0.2, 0.25) is 5.02 Å². The maximum Gasteiger partial charge on any atom is 0.391 e. The molecule has 9 heteroatoms. The Kier molecular flexibility index (Phi) is 6.45. The predicted octanol–water partition coefficient (Wildman–Crippen LogP) is 3.80. The number of rotatable bonds is 6. The molecule has 0 aliphatic carbocycles. The van der Waals surface area contributed by atoms with Crippen LogP contribution in [0, 0.1) is 0 Å². The molecule has 2 aromatic rings. The van der Waals surface area contributed by atoms with Crippen LogP contribution >= 0.6 is 11.6 Å². The number of methoxy groups -OCH3 is 1. The highest BCUT2D eigenvalue weighted by atomic mass is 35.5. The number of nitrogens with one attached hydrogen (secondary N) is 1. The summed E-state index contributed by atoms with van der Waals surface area (Å²) in [7, 11) is 1.39. The molecular formula is C18H16ClF3N2O3. The van der Waals surface area contributed by atoms with Crippen LogP contribution in [-0.2, 0) is 4.79 Å². The Morgan fingerprint density at radius 1 is 1.19 bits per heavy atom. The highest BCUT2D eigenvalue weighted by molar-refractivity contribution is 6.30. The summed E-state index contributed by atoms with van der Waals surface area (Å²) in [5.74, 6) is -1.18. The van der Waals surface area contributed by atoms with E-state index in [1.807, 2.05) is 0 Å².